The highest BCUT2D eigenvalue weighted by atomic mass is 32.2. The van der Waals surface area contributed by atoms with Gasteiger partial charge in [-0.15, -0.1) is 0 Å². The van der Waals surface area contributed by atoms with Gasteiger partial charge >= 0.3 is 0 Å². The van der Waals surface area contributed by atoms with Crippen molar-refractivity contribution in [3.05, 3.63) is 70.1 Å². The van der Waals surface area contributed by atoms with Gasteiger partial charge in [0.2, 0.25) is 5.91 Å². The van der Waals surface area contributed by atoms with Crippen LogP contribution in [0.2, 0.25) is 0 Å². The first kappa shape index (κ1) is 18.4. The molecule has 4 nitrogen and oxygen atoms in total. The fourth-order valence-electron chi connectivity index (χ4n) is 2.50. The standard InChI is InChI=1S/C20H18N2O2S2/c1-13-8-9-16(10-14(13)2)21-18(23)12-22-19(24)17(26-20(22)25)11-15-6-4-3-5-7-15/h3-11H,12H2,1-2H3,(H,21,23). The number of aryl methyl sites for hydroxylation is 2. The van der Waals surface area contributed by atoms with E-state index in [1.807, 2.05) is 62.4 Å². The fraction of sp³-hybridized carbons (Fsp3) is 0.150. The van der Waals surface area contributed by atoms with Crippen molar-refractivity contribution in [3.63, 3.8) is 0 Å². The maximum Gasteiger partial charge on any atom is 0.266 e. The highest BCUT2D eigenvalue weighted by molar-refractivity contribution is 8.26. The number of nitrogens with one attached hydrogen (secondary N) is 1. The summed E-state index contributed by atoms with van der Waals surface area (Å²) in [7, 11) is 0. The Morgan fingerprint density at radius 3 is 2.58 bits per heavy atom. The topological polar surface area (TPSA) is 49.4 Å². The third-order valence-corrected chi connectivity index (χ3v) is 5.44. The molecule has 132 valence electrons. The van der Waals surface area contributed by atoms with Crippen LogP contribution in [0.1, 0.15) is 16.7 Å². The Kier molecular flexibility index (Phi) is 5.54. The smallest absolute Gasteiger partial charge is 0.266 e. The van der Waals surface area contributed by atoms with Gasteiger partial charge in [-0.3, -0.25) is 14.5 Å². The summed E-state index contributed by atoms with van der Waals surface area (Å²) < 4.78 is 0.396. The molecule has 0 aliphatic carbocycles. The molecule has 1 heterocycles. The molecule has 0 spiro atoms. The molecule has 1 N–H and O–H groups in total. The molecule has 1 aliphatic heterocycles. The number of hydrogen-bond donors (Lipinski definition) is 1. The highest BCUT2D eigenvalue weighted by Gasteiger charge is 2.33. The van der Waals surface area contributed by atoms with E-state index in [4.69, 9.17) is 12.2 Å². The number of rotatable bonds is 4. The first-order chi connectivity index (χ1) is 12.4. The van der Waals surface area contributed by atoms with Crippen LogP contribution in [0.25, 0.3) is 6.08 Å². The van der Waals surface area contributed by atoms with Crippen molar-refractivity contribution in [2.24, 2.45) is 0 Å². The molecular weight excluding hydrogens is 364 g/mol. The number of anilines is 1. The maximum absolute atomic E-state index is 12.6. The van der Waals surface area contributed by atoms with Gasteiger partial charge in [0, 0.05) is 5.69 Å². The molecule has 2 amide bonds. The van der Waals surface area contributed by atoms with E-state index in [-0.39, 0.29) is 18.4 Å². The Balaban J connectivity index is 1.68. The number of benzene rings is 2. The summed E-state index contributed by atoms with van der Waals surface area (Å²) in [4.78, 5) is 26.8. The fourth-order valence-corrected chi connectivity index (χ4v) is 3.76. The number of nitrogens with zero attached hydrogens (tertiary/aromatic N) is 1. The molecule has 2 aromatic carbocycles. The van der Waals surface area contributed by atoms with Crippen LogP contribution in [0.3, 0.4) is 0 Å². The number of thiocarbonyl (C=S) groups is 1. The van der Waals surface area contributed by atoms with Gasteiger partial charge in [-0.2, -0.15) is 0 Å². The number of amides is 2. The molecule has 0 aromatic heterocycles. The molecule has 1 aliphatic rings. The molecule has 0 bridgehead atoms. The van der Waals surface area contributed by atoms with Crippen LogP contribution in [0, 0.1) is 13.8 Å². The van der Waals surface area contributed by atoms with Gasteiger partial charge in [0.05, 0.1) is 4.91 Å². The second-order valence-electron chi connectivity index (χ2n) is 6.03. The van der Waals surface area contributed by atoms with Gasteiger partial charge in [0.15, 0.2) is 0 Å². The summed E-state index contributed by atoms with van der Waals surface area (Å²) in [6.07, 6.45) is 1.79. The van der Waals surface area contributed by atoms with E-state index in [2.05, 4.69) is 5.32 Å². The molecule has 2 aromatic rings. The third-order valence-electron chi connectivity index (χ3n) is 4.06. The van der Waals surface area contributed by atoms with E-state index in [0.717, 1.165) is 16.7 Å². The van der Waals surface area contributed by atoms with Crippen LogP contribution in [-0.4, -0.2) is 27.6 Å². The normalized spacial score (nSPS) is 15.6. The Morgan fingerprint density at radius 2 is 1.88 bits per heavy atom. The van der Waals surface area contributed by atoms with Gasteiger partial charge < -0.3 is 5.32 Å². The molecule has 1 saturated heterocycles. The second kappa shape index (κ2) is 7.85. The predicted octanol–water partition coefficient (Wildman–Crippen LogP) is 4.14. The molecule has 0 unspecified atom stereocenters. The van der Waals surface area contributed by atoms with Crippen LogP contribution >= 0.6 is 24.0 Å². The average molecular weight is 383 g/mol. The molecule has 0 saturated carbocycles. The lowest BCUT2D eigenvalue weighted by atomic mass is 10.1. The lowest BCUT2D eigenvalue weighted by Gasteiger charge is -2.14. The van der Waals surface area contributed by atoms with Crippen molar-refractivity contribution >= 4 is 51.9 Å². The van der Waals surface area contributed by atoms with Crippen molar-refractivity contribution < 1.29 is 9.59 Å². The van der Waals surface area contributed by atoms with E-state index < -0.39 is 0 Å². The minimum Gasteiger partial charge on any atom is -0.325 e. The van der Waals surface area contributed by atoms with Crippen molar-refractivity contribution in [1.82, 2.24) is 4.90 Å². The summed E-state index contributed by atoms with van der Waals surface area (Å²) in [5, 5.41) is 2.82. The average Bonchev–Trinajstić information content (AvgIpc) is 2.86. The summed E-state index contributed by atoms with van der Waals surface area (Å²) in [5.41, 5.74) is 3.89. The maximum atomic E-state index is 12.6. The van der Waals surface area contributed by atoms with E-state index in [0.29, 0.717) is 14.9 Å². The number of carbonyl (C=O) groups excluding carboxylic acids is 2. The first-order valence-corrected chi connectivity index (χ1v) is 9.34. The lowest BCUT2D eigenvalue weighted by molar-refractivity contribution is -0.126. The van der Waals surface area contributed by atoms with Crippen molar-refractivity contribution in [3.8, 4) is 0 Å². The van der Waals surface area contributed by atoms with Crippen molar-refractivity contribution in [2.45, 2.75) is 13.8 Å². The number of thioether (sulfide) groups is 1. The van der Waals surface area contributed by atoms with E-state index in [1.54, 1.807) is 6.08 Å². The Bertz CT molecular complexity index is 907. The van der Waals surface area contributed by atoms with Gasteiger partial charge in [-0.05, 0) is 48.7 Å². The summed E-state index contributed by atoms with van der Waals surface area (Å²) in [6, 6.07) is 15.3. The predicted molar refractivity (Wildman–Crippen MR) is 111 cm³/mol. The zero-order valence-corrected chi connectivity index (χ0v) is 16.1. The highest BCUT2D eigenvalue weighted by Crippen LogP contribution is 2.32. The van der Waals surface area contributed by atoms with E-state index >= 15 is 0 Å². The Morgan fingerprint density at radius 1 is 1.15 bits per heavy atom. The van der Waals surface area contributed by atoms with Gasteiger partial charge in [0.25, 0.3) is 5.91 Å². The Hall–Kier alpha value is -2.44. The zero-order valence-electron chi connectivity index (χ0n) is 14.5. The zero-order chi connectivity index (χ0) is 18.7. The molecule has 6 heteroatoms. The van der Waals surface area contributed by atoms with Gasteiger partial charge in [-0.25, -0.2) is 0 Å². The SMILES string of the molecule is Cc1ccc(NC(=O)CN2C(=O)C(=Cc3ccccc3)SC2=S)cc1C. The molecule has 0 radical (unpaired) electrons. The lowest BCUT2D eigenvalue weighted by Crippen LogP contribution is -2.36. The van der Waals surface area contributed by atoms with Crippen LogP contribution in [0.5, 0.6) is 0 Å². The van der Waals surface area contributed by atoms with Crippen molar-refractivity contribution in [2.75, 3.05) is 11.9 Å². The quantitative estimate of drug-likeness (QED) is 0.638. The van der Waals surface area contributed by atoms with Gasteiger partial charge in [-0.1, -0.05) is 60.4 Å². The van der Waals surface area contributed by atoms with Crippen LogP contribution < -0.4 is 5.32 Å². The van der Waals surface area contributed by atoms with Gasteiger partial charge in [0.1, 0.15) is 10.9 Å². The van der Waals surface area contributed by atoms with Crippen molar-refractivity contribution in [1.29, 1.82) is 0 Å². The molecule has 26 heavy (non-hydrogen) atoms. The second-order valence-corrected chi connectivity index (χ2v) is 7.70. The number of hydrogen-bond acceptors (Lipinski definition) is 4. The molecule has 1 fully saturated rings. The largest absolute Gasteiger partial charge is 0.325 e. The van der Waals surface area contributed by atoms with E-state index in [1.165, 1.54) is 16.7 Å². The summed E-state index contributed by atoms with van der Waals surface area (Å²) in [6.45, 7) is 3.91. The Labute approximate surface area is 162 Å². The minimum atomic E-state index is -0.273. The number of carbonyl (C=O) groups is 2. The first-order valence-electron chi connectivity index (χ1n) is 8.11. The third kappa shape index (κ3) is 4.20. The van der Waals surface area contributed by atoms with Crippen LogP contribution in [0.15, 0.2) is 53.4 Å². The monoisotopic (exact) mass is 382 g/mol. The van der Waals surface area contributed by atoms with Crippen LogP contribution in [0.4, 0.5) is 5.69 Å². The summed E-state index contributed by atoms with van der Waals surface area (Å²) in [5.74, 6) is -0.510. The minimum absolute atomic E-state index is 0.0935. The summed E-state index contributed by atoms with van der Waals surface area (Å²) >= 11 is 6.50. The molecule has 3 rings (SSSR count). The molecular formula is C20H18N2O2S2. The molecule has 0 atom stereocenters. The van der Waals surface area contributed by atoms with E-state index in [9.17, 15) is 9.59 Å². The van der Waals surface area contributed by atoms with Crippen LogP contribution in [-0.2, 0) is 9.59 Å².